The molecule has 1 aromatic carbocycles. The Morgan fingerprint density at radius 3 is 2.39 bits per heavy atom. The quantitative estimate of drug-likeness (QED) is 0.731. The van der Waals surface area contributed by atoms with E-state index >= 15 is 0 Å². The zero-order valence-electron chi connectivity index (χ0n) is 11.7. The van der Waals surface area contributed by atoms with Crippen LogP contribution in [-0.4, -0.2) is 37.7 Å². The van der Waals surface area contributed by atoms with Gasteiger partial charge < -0.3 is 15.4 Å². The first kappa shape index (κ1) is 15.0. The van der Waals surface area contributed by atoms with E-state index in [1.165, 1.54) is 12.0 Å². The molecule has 0 aliphatic heterocycles. The molecule has 0 saturated heterocycles. The second kappa shape index (κ2) is 8.95. The first-order valence-corrected chi connectivity index (χ1v) is 6.94. The summed E-state index contributed by atoms with van der Waals surface area (Å²) in [7, 11) is 0. The van der Waals surface area contributed by atoms with Crippen molar-refractivity contribution in [2.45, 2.75) is 26.7 Å². The smallest absolute Gasteiger partial charge is 0.119 e. The lowest BCUT2D eigenvalue weighted by Crippen LogP contribution is -2.28. The normalized spacial score (nSPS) is 10.9. The van der Waals surface area contributed by atoms with Crippen molar-refractivity contribution in [1.29, 1.82) is 0 Å². The Morgan fingerprint density at radius 2 is 1.83 bits per heavy atom. The molecule has 0 bridgehead atoms. The van der Waals surface area contributed by atoms with Crippen molar-refractivity contribution in [3.05, 3.63) is 29.8 Å². The van der Waals surface area contributed by atoms with E-state index in [0.29, 0.717) is 6.54 Å². The fourth-order valence-electron chi connectivity index (χ4n) is 1.96. The zero-order chi connectivity index (χ0) is 13.2. The molecule has 3 nitrogen and oxygen atoms in total. The largest absolute Gasteiger partial charge is 0.492 e. The van der Waals surface area contributed by atoms with Gasteiger partial charge in [0.2, 0.25) is 0 Å². The van der Waals surface area contributed by atoms with Gasteiger partial charge in [0.15, 0.2) is 0 Å². The summed E-state index contributed by atoms with van der Waals surface area (Å²) in [5, 5.41) is 0. The molecule has 1 aromatic rings. The number of hydrogen-bond acceptors (Lipinski definition) is 3. The summed E-state index contributed by atoms with van der Waals surface area (Å²) in [6.07, 6.45) is 2.13. The van der Waals surface area contributed by atoms with Gasteiger partial charge in [0, 0.05) is 6.54 Å². The van der Waals surface area contributed by atoms with Gasteiger partial charge in [0.1, 0.15) is 12.4 Å². The van der Waals surface area contributed by atoms with Crippen LogP contribution in [0.4, 0.5) is 0 Å². The topological polar surface area (TPSA) is 38.5 Å². The average Bonchev–Trinajstić information content (AvgIpc) is 2.40. The predicted molar refractivity (Wildman–Crippen MR) is 77.1 cm³/mol. The highest BCUT2D eigenvalue weighted by molar-refractivity contribution is 5.27. The first-order valence-electron chi connectivity index (χ1n) is 6.94. The fraction of sp³-hybridized carbons (Fsp3) is 0.600. The van der Waals surface area contributed by atoms with Crippen molar-refractivity contribution in [2.24, 2.45) is 5.73 Å². The monoisotopic (exact) mass is 250 g/mol. The minimum Gasteiger partial charge on any atom is -0.492 e. The number of rotatable bonds is 9. The van der Waals surface area contributed by atoms with E-state index in [1.54, 1.807) is 0 Å². The third-order valence-electron chi connectivity index (χ3n) is 3.02. The van der Waals surface area contributed by atoms with Gasteiger partial charge >= 0.3 is 0 Å². The highest BCUT2D eigenvalue weighted by Gasteiger charge is 2.01. The lowest BCUT2D eigenvalue weighted by atomic mass is 10.1. The maximum absolute atomic E-state index is 5.74. The maximum atomic E-state index is 5.74. The van der Waals surface area contributed by atoms with Crippen molar-refractivity contribution >= 4 is 0 Å². The molecular formula is C15H26N2O. The van der Waals surface area contributed by atoms with Crippen LogP contribution in [0.3, 0.4) is 0 Å². The number of benzene rings is 1. The van der Waals surface area contributed by atoms with Crippen LogP contribution < -0.4 is 10.5 Å². The lowest BCUT2D eigenvalue weighted by Gasteiger charge is -2.19. The summed E-state index contributed by atoms with van der Waals surface area (Å²) in [6, 6.07) is 8.24. The van der Waals surface area contributed by atoms with Gasteiger partial charge in [-0.25, -0.2) is 0 Å². The number of hydrogen-bond donors (Lipinski definition) is 1. The van der Waals surface area contributed by atoms with Crippen molar-refractivity contribution in [1.82, 2.24) is 4.90 Å². The van der Waals surface area contributed by atoms with Crippen LogP contribution in [0.15, 0.2) is 24.3 Å². The third-order valence-corrected chi connectivity index (χ3v) is 3.02. The summed E-state index contributed by atoms with van der Waals surface area (Å²) < 4.78 is 5.74. The molecule has 18 heavy (non-hydrogen) atoms. The van der Waals surface area contributed by atoms with Gasteiger partial charge in [-0.05, 0) is 50.2 Å². The highest BCUT2D eigenvalue weighted by atomic mass is 16.5. The summed E-state index contributed by atoms with van der Waals surface area (Å²) >= 11 is 0. The van der Waals surface area contributed by atoms with Crippen LogP contribution in [0.5, 0.6) is 5.75 Å². The van der Waals surface area contributed by atoms with Crippen LogP contribution in [0.1, 0.15) is 25.8 Å². The van der Waals surface area contributed by atoms with E-state index in [4.69, 9.17) is 10.5 Å². The molecule has 0 unspecified atom stereocenters. The Bertz CT molecular complexity index is 311. The van der Waals surface area contributed by atoms with E-state index in [1.807, 2.05) is 12.1 Å². The van der Waals surface area contributed by atoms with Crippen LogP contribution >= 0.6 is 0 Å². The highest BCUT2D eigenvalue weighted by Crippen LogP contribution is 2.12. The van der Waals surface area contributed by atoms with Crippen LogP contribution in [-0.2, 0) is 6.42 Å². The maximum Gasteiger partial charge on any atom is 0.119 e. The average molecular weight is 250 g/mol. The fourth-order valence-corrected chi connectivity index (χ4v) is 1.96. The predicted octanol–water partition coefficient (Wildman–Crippen LogP) is 2.30. The van der Waals surface area contributed by atoms with Crippen molar-refractivity contribution < 1.29 is 4.74 Å². The Hall–Kier alpha value is -1.06. The van der Waals surface area contributed by atoms with Gasteiger partial charge in [-0.1, -0.05) is 26.0 Å². The molecule has 0 aromatic heterocycles. The summed E-state index contributed by atoms with van der Waals surface area (Å²) in [6.45, 7) is 9.08. The standard InChI is InChI=1S/C15H26N2O/c1-3-11-17(4-2)12-13-18-15-7-5-14(6-8-15)9-10-16/h5-8H,3-4,9-13,16H2,1-2H3. The summed E-state index contributed by atoms with van der Waals surface area (Å²) in [5.74, 6) is 0.948. The molecule has 0 radical (unpaired) electrons. The Morgan fingerprint density at radius 1 is 1.11 bits per heavy atom. The zero-order valence-corrected chi connectivity index (χ0v) is 11.7. The number of likely N-dealkylation sites (N-methyl/N-ethyl adjacent to an activating group) is 1. The molecule has 0 spiro atoms. The molecule has 0 heterocycles. The van der Waals surface area contributed by atoms with E-state index in [2.05, 4.69) is 30.9 Å². The molecule has 1 rings (SSSR count). The molecular weight excluding hydrogens is 224 g/mol. The molecule has 0 amide bonds. The van der Waals surface area contributed by atoms with Gasteiger partial charge in [-0.3, -0.25) is 0 Å². The minimum atomic E-state index is 0.697. The van der Waals surface area contributed by atoms with Crippen LogP contribution in [0.25, 0.3) is 0 Å². The number of ether oxygens (including phenoxy) is 1. The van der Waals surface area contributed by atoms with E-state index in [-0.39, 0.29) is 0 Å². The molecule has 102 valence electrons. The van der Waals surface area contributed by atoms with E-state index < -0.39 is 0 Å². The number of nitrogens with two attached hydrogens (primary N) is 1. The minimum absolute atomic E-state index is 0.697. The van der Waals surface area contributed by atoms with Gasteiger partial charge in [0.25, 0.3) is 0 Å². The van der Waals surface area contributed by atoms with Crippen molar-refractivity contribution in [3.8, 4) is 5.75 Å². The third kappa shape index (κ3) is 5.52. The first-order chi connectivity index (χ1) is 8.80. The van der Waals surface area contributed by atoms with Gasteiger partial charge in [-0.2, -0.15) is 0 Å². The van der Waals surface area contributed by atoms with Crippen molar-refractivity contribution in [3.63, 3.8) is 0 Å². The molecule has 0 atom stereocenters. The molecule has 0 aliphatic carbocycles. The lowest BCUT2D eigenvalue weighted by molar-refractivity contribution is 0.216. The molecule has 0 saturated carbocycles. The van der Waals surface area contributed by atoms with Crippen molar-refractivity contribution in [2.75, 3.05) is 32.8 Å². The second-order valence-corrected chi connectivity index (χ2v) is 4.47. The van der Waals surface area contributed by atoms with E-state index in [9.17, 15) is 0 Å². The Kier molecular flexibility index (Phi) is 7.46. The molecule has 2 N–H and O–H groups in total. The number of nitrogens with zero attached hydrogens (tertiary/aromatic N) is 1. The summed E-state index contributed by atoms with van der Waals surface area (Å²) in [4.78, 5) is 2.41. The SMILES string of the molecule is CCCN(CC)CCOc1ccc(CCN)cc1. The Labute approximate surface area is 111 Å². The summed E-state index contributed by atoms with van der Waals surface area (Å²) in [5.41, 5.74) is 6.79. The van der Waals surface area contributed by atoms with Gasteiger partial charge in [0.05, 0.1) is 0 Å². The molecule has 3 heteroatoms. The molecule has 0 fully saturated rings. The van der Waals surface area contributed by atoms with Crippen LogP contribution in [0, 0.1) is 0 Å². The Balaban J connectivity index is 2.30. The van der Waals surface area contributed by atoms with Crippen LogP contribution in [0.2, 0.25) is 0 Å². The molecule has 0 aliphatic rings. The second-order valence-electron chi connectivity index (χ2n) is 4.47. The van der Waals surface area contributed by atoms with Gasteiger partial charge in [-0.15, -0.1) is 0 Å². The van der Waals surface area contributed by atoms with E-state index in [0.717, 1.165) is 38.4 Å².